The molecule has 1 aromatic rings. The maximum Gasteiger partial charge on any atom is 0.103 e. The second-order valence-corrected chi connectivity index (χ2v) is 5.22. The molecular formula is C16H25N3. The molecule has 3 nitrogen and oxygen atoms in total. The first kappa shape index (κ1) is 15.5. The van der Waals surface area contributed by atoms with Crippen LogP contribution in [-0.2, 0) is 0 Å². The highest BCUT2D eigenvalue weighted by Gasteiger charge is 2.20. The van der Waals surface area contributed by atoms with E-state index in [1.807, 2.05) is 14.0 Å². The van der Waals surface area contributed by atoms with Crippen molar-refractivity contribution in [3.8, 4) is 6.07 Å². The summed E-state index contributed by atoms with van der Waals surface area (Å²) < 4.78 is 0. The van der Waals surface area contributed by atoms with Crippen molar-refractivity contribution >= 4 is 5.69 Å². The third-order valence-corrected chi connectivity index (χ3v) is 3.65. The first-order chi connectivity index (χ1) is 9.04. The Labute approximate surface area is 117 Å². The molecule has 19 heavy (non-hydrogen) atoms. The first-order valence-electron chi connectivity index (χ1n) is 6.96. The molecule has 0 spiro atoms. The van der Waals surface area contributed by atoms with Crippen LogP contribution in [0.1, 0.15) is 32.3 Å². The van der Waals surface area contributed by atoms with E-state index < -0.39 is 5.54 Å². The van der Waals surface area contributed by atoms with Crippen LogP contribution in [-0.4, -0.2) is 25.7 Å². The van der Waals surface area contributed by atoms with Gasteiger partial charge in [-0.15, -0.1) is 0 Å². The molecule has 0 bridgehead atoms. The van der Waals surface area contributed by atoms with Gasteiger partial charge in [0.25, 0.3) is 0 Å². The zero-order chi connectivity index (χ0) is 14.3. The average molecular weight is 259 g/mol. The second kappa shape index (κ2) is 7.16. The third-order valence-electron chi connectivity index (χ3n) is 3.65. The summed E-state index contributed by atoms with van der Waals surface area (Å²) in [6, 6.07) is 10.9. The summed E-state index contributed by atoms with van der Waals surface area (Å²) in [7, 11) is 1.85. The van der Waals surface area contributed by atoms with Gasteiger partial charge in [-0.3, -0.25) is 0 Å². The number of hydrogen-bond acceptors (Lipinski definition) is 3. The fourth-order valence-corrected chi connectivity index (χ4v) is 2.15. The van der Waals surface area contributed by atoms with Crippen molar-refractivity contribution in [3.05, 3.63) is 29.8 Å². The summed E-state index contributed by atoms with van der Waals surface area (Å²) in [6.07, 6.45) is 1.87. The molecule has 1 rings (SSSR count). The Kier molecular flexibility index (Phi) is 5.85. The number of nitrogens with zero attached hydrogens (tertiary/aromatic N) is 2. The molecule has 1 N–H and O–H groups in total. The van der Waals surface area contributed by atoms with Crippen LogP contribution in [0, 0.1) is 18.3 Å². The summed E-state index contributed by atoms with van der Waals surface area (Å²) in [5, 5.41) is 12.2. The number of anilines is 1. The lowest BCUT2D eigenvalue weighted by molar-refractivity contribution is 0.440. The summed E-state index contributed by atoms with van der Waals surface area (Å²) in [5.41, 5.74) is 2.14. The van der Waals surface area contributed by atoms with Crippen LogP contribution >= 0.6 is 0 Å². The van der Waals surface area contributed by atoms with E-state index in [0.29, 0.717) is 0 Å². The van der Waals surface area contributed by atoms with Gasteiger partial charge < -0.3 is 10.2 Å². The lowest BCUT2D eigenvalue weighted by Gasteiger charge is -2.26. The lowest BCUT2D eigenvalue weighted by Crippen LogP contribution is -2.39. The number of aryl methyl sites for hydroxylation is 1. The fourth-order valence-electron chi connectivity index (χ4n) is 2.15. The zero-order valence-corrected chi connectivity index (χ0v) is 12.5. The first-order valence-corrected chi connectivity index (χ1v) is 6.96. The molecule has 0 heterocycles. The van der Waals surface area contributed by atoms with Gasteiger partial charge in [-0.1, -0.05) is 12.1 Å². The standard InChI is InChI=1S/C16H25N3/c1-5-19(15-9-6-8-14(2)12-15)11-7-10-16(3,13-17)18-4/h6,8-9,12,18H,5,7,10-11H2,1-4H3. The number of benzene rings is 1. The highest BCUT2D eigenvalue weighted by molar-refractivity contribution is 5.48. The van der Waals surface area contributed by atoms with Crippen LogP contribution < -0.4 is 10.2 Å². The summed E-state index contributed by atoms with van der Waals surface area (Å²) >= 11 is 0. The molecule has 0 radical (unpaired) electrons. The van der Waals surface area contributed by atoms with Crippen molar-refractivity contribution in [1.82, 2.24) is 5.32 Å². The fraction of sp³-hybridized carbons (Fsp3) is 0.562. The molecule has 1 atom stereocenters. The largest absolute Gasteiger partial charge is 0.372 e. The summed E-state index contributed by atoms with van der Waals surface area (Å²) in [5.74, 6) is 0. The molecule has 0 saturated heterocycles. The smallest absolute Gasteiger partial charge is 0.103 e. The highest BCUT2D eigenvalue weighted by Crippen LogP contribution is 2.18. The minimum absolute atomic E-state index is 0.411. The quantitative estimate of drug-likeness (QED) is 0.818. The van der Waals surface area contributed by atoms with Gasteiger partial charge in [0.15, 0.2) is 0 Å². The van der Waals surface area contributed by atoms with Gasteiger partial charge in [-0.25, -0.2) is 0 Å². The van der Waals surface area contributed by atoms with Crippen LogP contribution in [0.15, 0.2) is 24.3 Å². The molecule has 0 aliphatic rings. The summed E-state index contributed by atoms with van der Waals surface area (Å²) in [4.78, 5) is 2.36. The van der Waals surface area contributed by atoms with Crippen LogP contribution in [0.4, 0.5) is 5.69 Å². The van der Waals surface area contributed by atoms with E-state index in [-0.39, 0.29) is 0 Å². The molecule has 3 heteroatoms. The van der Waals surface area contributed by atoms with Crippen molar-refractivity contribution in [2.24, 2.45) is 0 Å². The van der Waals surface area contributed by atoms with E-state index >= 15 is 0 Å². The van der Waals surface area contributed by atoms with Crippen molar-refractivity contribution in [2.75, 3.05) is 25.0 Å². The second-order valence-electron chi connectivity index (χ2n) is 5.22. The Hall–Kier alpha value is -1.53. The van der Waals surface area contributed by atoms with Crippen molar-refractivity contribution in [2.45, 2.75) is 39.2 Å². The molecule has 1 unspecified atom stereocenters. The van der Waals surface area contributed by atoms with E-state index in [9.17, 15) is 0 Å². The molecule has 104 valence electrons. The van der Waals surface area contributed by atoms with Crippen molar-refractivity contribution in [1.29, 1.82) is 5.26 Å². The van der Waals surface area contributed by atoms with Gasteiger partial charge in [-0.05, 0) is 58.4 Å². The molecule has 0 saturated carbocycles. The average Bonchev–Trinajstić information content (AvgIpc) is 2.43. The Morgan fingerprint density at radius 2 is 2.16 bits per heavy atom. The van der Waals surface area contributed by atoms with Gasteiger partial charge in [-0.2, -0.15) is 5.26 Å². The Balaban J connectivity index is 2.57. The van der Waals surface area contributed by atoms with Gasteiger partial charge >= 0.3 is 0 Å². The molecule has 0 aliphatic carbocycles. The number of rotatable bonds is 7. The number of nitrogens with one attached hydrogen (secondary N) is 1. The molecular weight excluding hydrogens is 234 g/mol. The highest BCUT2D eigenvalue weighted by atomic mass is 15.1. The van der Waals surface area contributed by atoms with Crippen molar-refractivity contribution in [3.63, 3.8) is 0 Å². The predicted molar refractivity (Wildman–Crippen MR) is 81.4 cm³/mol. The monoisotopic (exact) mass is 259 g/mol. The van der Waals surface area contributed by atoms with E-state index in [1.165, 1.54) is 11.3 Å². The van der Waals surface area contributed by atoms with E-state index in [1.54, 1.807) is 0 Å². The Morgan fingerprint density at radius 1 is 1.42 bits per heavy atom. The van der Waals surface area contributed by atoms with E-state index in [2.05, 4.69) is 54.4 Å². The molecule has 0 fully saturated rings. The number of hydrogen-bond donors (Lipinski definition) is 1. The normalized spacial score (nSPS) is 13.6. The Morgan fingerprint density at radius 3 is 2.68 bits per heavy atom. The Bertz CT molecular complexity index is 436. The van der Waals surface area contributed by atoms with E-state index in [4.69, 9.17) is 5.26 Å². The molecule has 0 amide bonds. The molecule has 0 aliphatic heterocycles. The maximum absolute atomic E-state index is 9.14. The van der Waals surface area contributed by atoms with Crippen LogP contribution in [0.5, 0.6) is 0 Å². The lowest BCUT2D eigenvalue weighted by atomic mass is 9.98. The van der Waals surface area contributed by atoms with Gasteiger partial charge in [0.05, 0.1) is 6.07 Å². The SMILES string of the molecule is CCN(CCCC(C)(C#N)NC)c1cccc(C)c1. The van der Waals surface area contributed by atoms with E-state index in [0.717, 1.165) is 25.9 Å². The molecule has 0 aromatic heterocycles. The topological polar surface area (TPSA) is 39.1 Å². The van der Waals surface area contributed by atoms with Crippen LogP contribution in [0.2, 0.25) is 0 Å². The summed E-state index contributed by atoms with van der Waals surface area (Å²) in [6.45, 7) is 8.22. The molecule has 1 aromatic carbocycles. The van der Waals surface area contributed by atoms with Gasteiger partial charge in [0, 0.05) is 18.8 Å². The minimum Gasteiger partial charge on any atom is -0.372 e. The minimum atomic E-state index is -0.411. The third kappa shape index (κ3) is 4.57. The van der Waals surface area contributed by atoms with Crippen LogP contribution in [0.3, 0.4) is 0 Å². The number of nitriles is 1. The van der Waals surface area contributed by atoms with Gasteiger partial charge in [0.2, 0.25) is 0 Å². The zero-order valence-electron chi connectivity index (χ0n) is 12.5. The predicted octanol–water partition coefficient (Wildman–Crippen LogP) is 3.10. The van der Waals surface area contributed by atoms with Crippen molar-refractivity contribution < 1.29 is 0 Å². The van der Waals surface area contributed by atoms with Crippen LogP contribution in [0.25, 0.3) is 0 Å². The van der Waals surface area contributed by atoms with Gasteiger partial charge in [0.1, 0.15) is 5.54 Å². The maximum atomic E-state index is 9.14.